The fraction of sp³-hybridized carbons (Fsp3) is 0.190. The van der Waals surface area contributed by atoms with Crippen LogP contribution in [-0.4, -0.2) is 29.2 Å². The van der Waals surface area contributed by atoms with E-state index in [4.69, 9.17) is 0 Å². The first kappa shape index (κ1) is 15.7. The van der Waals surface area contributed by atoms with E-state index < -0.39 is 0 Å². The highest BCUT2D eigenvalue weighted by Gasteiger charge is 2.30. The Hall–Kier alpha value is -2.85. The van der Waals surface area contributed by atoms with Crippen molar-refractivity contribution in [3.05, 3.63) is 77.9 Å². The number of amides is 2. The van der Waals surface area contributed by atoms with Crippen LogP contribution in [0.25, 0.3) is 10.8 Å². The number of hydrogen-bond donors (Lipinski definition) is 2. The summed E-state index contributed by atoms with van der Waals surface area (Å²) in [5.41, 5.74) is 3.03. The summed E-state index contributed by atoms with van der Waals surface area (Å²) in [4.78, 5) is 14.6. The summed E-state index contributed by atoms with van der Waals surface area (Å²) < 4.78 is 0. The van der Waals surface area contributed by atoms with E-state index in [-0.39, 0.29) is 18.7 Å². The topological polar surface area (TPSA) is 52.6 Å². The average molecular weight is 332 g/mol. The highest BCUT2D eigenvalue weighted by atomic mass is 16.3. The Morgan fingerprint density at radius 1 is 1.04 bits per heavy atom. The number of nitrogens with zero attached hydrogens (tertiary/aromatic N) is 1. The Bertz CT molecular complexity index is 917. The molecular weight excluding hydrogens is 312 g/mol. The van der Waals surface area contributed by atoms with Gasteiger partial charge in [-0.3, -0.25) is 0 Å². The minimum atomic E-state index is -0.306. The van der Waals surface area contributed by atoms with Gasteiger partial charge in [0.05, 0.1) is 18.3 Å². The van der Waals surface area contributed by atoms with E-state index in [9.17, 15) is 9.90 Å². The Labute approximate surface area is 146 Å². The molecule has 0 saturated heterocycles. The van der Waals surface area contributed by atoms with Crippen molar-refractivity contribution in [3.63, 3.8) is 0 Å². The van der Waals surface area contributed by atoms with E-state index in [1.165, 1.54) is 5.56 Å². The van der Waals surface area contributed by atoms with Gasteiger partial charge in [0, 0.05) is 11.9 Å². The molecule has 0 fully saturated rings. The number of urea groups is 1. The Morgan fingerprint density at radius 2 is 1.80 bits per heavy atom. The van der Waals surface area contributed by atoms with Crippen LogP contribution in [0.3, 0.4) is 0 Å². The van der Waals surface area contributed by atoms with Gasteiger partial charge >= 0.3 is 6.03 Å². The first-order valence-electron chi connectivity index (χ1n) is 8.52. The van der Waals surface area contributed by atoms with E-state index in [2.05, 4.69) is 11.4 Å². The Balaban J connectivity index is 1.63. The molecule has 4 nitrogen and oxygen atoms in total. The lowest BCUT2D eigenvalue weighted by atomic mass is 9.93. The number of benzene rings is 3. The second-order valence-corrected chi connectivity index (χ2v) is 6.30. The smallest absolute Gasteiger partial charge is 0.322 e. The SMILES string of the molecule is O=C(Nc1cccc2ccccc12)N1CCc2ccccc2[C@@H]1CO. The van der Waals surface area contributed by atoms with Crippen molar-refractivity contribution in [2.24, 2.45) is 0 Å². The zero-order valence-electron chi connectivity index (χ0n) is 13.9. The predicted octanol–water partition coefficient (Wildman–Crippen LogP) is 3.96. The molecule has 1 aliphatic heterocycles. The summed E-state index contributed by atoms with van der Waals surface area (Å²) >= 11 is 0. The van der Waals surface area contributed by atoms with Gasteiger partial charge in [0.2, 0.25) is 0 Å². The molecular formula is C21H20N2O2. The largest absolute Gasteiger partial charge is 0.394 e. The number of carbonyl (C=O) groups excluding carboxylic acids is 1. The van der Waals surface area contributed by atoms with Gasteiger partial charge in [-0.15, -0.1) is 0 Å². The molecule has 2 N–H and O–H groups in total. The number of aliphatic hydroxyl groups is 1. The monoisotopic (exact) mass is 332 g/mol. The lowest BCUT2D eigenvalue weighted by Gasteiger charge is -2.36. The molecule has 2 amide bonds. The van der Waals surface area contributed by atoms with Crippen molar-refractivity contribution in [1.82, 2.24) is 4.90 Å². The van der Waals surface area contributed by atoms with E-state index >= 15 is 0 Å². The predicted molar refractivity (Wildman–Crippen MR) is 99.6 cm³/mol. The molecule has 1 atom stereocenters. The van der Waals surface area contributed by atoms with Crippen LogP contribution in [0.4, 0.5) is 10.5 Å². The molecule has 0 aromatic heterocycles. The van der Waals surface area contributed by atoms with E-state index in [0.717, 1.165) is 28.4 Å². The van der Waals surface area contributed by atoms with E-state index in [1.54, 1.807) is 4.90 Å². The quantitative estimate of drug-likeness (QED) is 0.746. The van der Waals surface area contributed by atoms with Crippen LogP contribution in [0, 0.1) is 0 Å². The van der Waals surface area contributed by atoms with Gasteiger partial charge in [-0.1, -0.05) is 60.7 Å². The maximum absolute atomic E-state index is 12.9. The van der Waals surface area contributed by atoms with E-state index in [1.807, 2.05) is 60.7 Å². The third-order valence-electron chi connectivity index (χ3n) is 4.88. The molecule has 0 aliphatic carbocycles. The molecule has 1 heterocycles. The molecule has 1 aliphatic rings. The van der Waals surface area contributed by atoms with Gasteiger partial charge < -0.3 is 15.3 Å². The van der Waals surface area contributed by atoms with Crippen LogP contribution >= 0.6 is 0 Å². The Kier molecular flexibility index (Phi) is 4.12. The van der Waals surface area contributed by atoms with Crippen LogP contribution in [0.2, 0.25) is 0 Å². The molecule has 0 saturated carbocycles. The second kappa shape index (κ2) is 6.57. The Morgan fingerprint density at radius 3 is 2.68 bits per heavy atom. The first-order chi connectivity index (χ1) is 12.3. The zero-order chi connectivity index (χ0) is 17.2. The summed E-state index contributed by atoms with van der Waals surface area (Å²) in [6.07, 6.45) is 0.801. The number of fused-ring (bicyclic) bond motifs is 2. The van der Waals surface area contributed by atoms with Gasteiger partial charge in [-0.2, -0.15) is 0 Å². The lowest BCUT2D eigenvalue weighted by Crippen LogP contribution is -2.43. The molecule has 126 valence electrons. The molecule has 0 spiro atoms. The van der Waals surface area contributed by atoms with Crippen LogP contribution in [0.15, 0.2) is 66.7 Å². The van der Waals surface area contributed by atoms with E-state index in [0.29, 0.717) is 6.54 Å². The summed E-state index contributed by atoms with van der Waals surface area (Å²) in [5, 5.41) is 15.0. The highest BCUT2D eigenvalue weighted by Crippen LogP contribution is 2.30. The van der Waals surface area contributed by atoms with Crippen LogP contribution in [0.1, 0.15) is 17.2 Å². The first-order valence-corrected chi connectivity index (χ1v) is 8.52. The van der Waals surface area contributed by atoms with Gasteiger partial charge in [-0.05, 0) is 29.0 Å². The minimum absolute atomic E-state index is 0.0834. The van der Waals surface area contributed by atoms with Crippen LogP contribution < -0.4 is 5.32 Å². The number of hydrogen-bond acceptors (Lipinski definition) is 2. The number of anilines is 1. The molecule has 0 radical (unpaired) electrons. The summed E-state index contributed by atoms with van der Waals surface area (Å²) in [6.45, 7) is 0.513. The van der Waals surface area contributed by atoms with Gasteiger partial charge in [-0.25, -0.2) is 4.79 Å². The van der Waals surface area contributed by atoms with Gasteiger partial charge in [0.1, 0.15) is 0 Å². The van der Waals surface area contributed by atoms with Gasteiger partial charge in [0.15, 0.2) is 0 Å². The third kappa shape index (κ3) is 2.85. The average Bonchev–Trinajstić information content (AvgIpc) is 2.67. The maximum atomic E-state index is 12.9. The fourth-order valence-electron chi connectivity index (χ4n) is 3.61. The van der Waals surface area contributed by atoms with Crippen LogP contribution in [0.5, 0.6) is 0 Å². The van der Waals surface area contributed by atoms with Crippen molar-refractivity contribution < 1.29 is 9.90 Å². The molecule has 0 bridgehead atoms. The summed E-state index contributed by atoms with van der Waals surface area (Å²) in [7, 11) is 0. The number of rotatable bonds is 2. The summed E-state index contributed by atoms with van der Waals surface area (Å²) in [6, 6.07) is 21.4. The molecule has 25 heavy (non-hydrogen) atoms. The minimum Gasteiger partial charge on any atom is -0.394 e. The zero-order valence-corrected chi connectivity index (χ0v) is 13.9. The van der Waals surface area contributed by atoms with Crippen molar-refractivity contribution in [2.45, 2.75) is 12.5 Å². The molecule has 3 aromatic rings. The molecule has 0 unspecified atom stereocenters. The molecule has 3 aromatic carbocycles. The summed E-state index contributed by atoms with van der Waals surface area (Å²) in [5.74, 6) is 0. The fourth-order valence-corrected chi connectivity index (χ4v) is 3.61. The highest BCUT2D eigenvalue weighted by molar-refractivity contribution is 6.01. The van der Waals surface area contributed by atoms with Crippen molar-refractivity contribution >= 4 is 22.5 Å². The van der Waals surface area contributed by atoms with Crippen molar-refractivity contribution in [2.75, 3.05) is 18.5 Å². The standard InChI is InChI=1S/C21H20N2O2/c24-14-20-18-10-4-2-7-16(18)12-13-23(20)21(25)22-19-11-5-8-15-6-1-3-9-17(15)19/h1-11,20,24H,12-14H2,(H,22,25)/t20-/m0/s1. The van der Waals surface area contributed by atoms with Crippen molar-refractivity contribution in [1.29, 1.82) is 0 Å². The molecule has 4 heteroatoms. The van der Waals surface area contributed by atoms with Gasteiger partial charge in [0.25, 0.3) is 0 Å². The number of carbonyl (C=O) groups is 1. The number of aliphatic hydroxyl groups excluding tert-OH is 1. The lowest BCUT2D eigenvalue weighted by molar-refractivity contribution is 0.135. The maximum Gasteiger partial charge on any atom is 0.322 e. The normalized spacial score (nSPS) is 16.5. The molecule has 4 rings (SSSR count). The third-order valence-corrected chi connectivity index (χ3v) is 4.88. The second-order valence-electron chi connectivity index (χ2n) is 6.30. The van der Waals surface area contributed by atoms with Crippen molar-refractivity contribution in [3.8, 4) is 0 Å². The van der Waals surface area contributed by atoms with Crippen LogP contribution in [-0.2, 0) is 6.42 Å². The number of nitrogens with one attached hydrogen (secondary N) is 1.